The number of hydrogen-bond donors (Lipinski definition) is 1. The molecule has 1 atom stereocenters. The van der Waals surface area contributed by atoms with Gasteiger partial charge in [0.25, 0.3) is 0 Å². The summed E-state index contributed by atoms with van der Waals surface area (Å²) in [5.74, 6) is -1.55. The molecule has 7 nitrogen and oxygen atoms in total. The summed E-state index contributed by atoms with van der Waals surface area (Å²) in [5, 5.41) is 2.57. The van der Waals surface area contributed by atoms with Gasteiger partial charge in [0.15, 0.2) is 0 Å². The number of sulfonamides is 1. The third-order valence-corrected chi connectivity index (χ3v) is 6.56. The van der Waals surface area contributed by atoms with Crippen LogP contribution >= 0.6 is 11.6 Å². The molecule has 29 heavy (non-hydrogen) atoms. The lowest BCUT2D eigenvalue weighted by Crippen LogP contribution is -2.44. The summed E-state index contributed by atoms with van der Waals surface area (Å²) in [6.45, 7) is 5.68. The van der Waals surface area contributed by atoms with Gasteiger partial charge in [-0.05, 0) is 38.0 Å². The summed E-state index contributed by atoms with van der Waals surface area (Å²) >= 11 is 5.61. The number of benzene rings is 1. The molecule has 1 heterocycles. The average Bonchev–Trinajstić information content (AvgIpc) is 3.12. The van der Waals surface area contributed by atoms with Gasteiger partial charge >= 0.3 is 5.97 Å². The molecule has 0 saturated carbocycles. The van der Waals surface area contributed by atoms with Crippen LogP contribution in [0.3, 0.4) is 0 Å². The number of carbonyl (C=O) groups excluding carboxylic acids is 2. The number of hydrogen-bond acceptors (Lipinski definition) is 5. The van der Waals surface area contributed by atoms with Crippen LogP contribution in [0.25, 0.3) is 0 Å². The van der Waals surface area contributed by atoms with Crippen molar-refractivity contribution in [3.63, 3.8) is 0 Å². The molecular weight excluding hydrogens is 416 g/mol. The summed E-state index contributed by atoms with van der Waals surface area (Å²) < 4.78 is 32.8. The quantitative estimate of drug-likeness (QED) is 0.290. The van der Waals surface area contributed by atoms with Crippen molar-refractivity contribution in [3.05, 3.63) is 53.3 Å². The highest BCUT2D eigenvalue weighted by molar-refractivity contribution is 7.89. The lowest BCUT2D eigenvalue weighted by atomic mass is 10.0. The number of nitrogens with zero attached hydrogens (tertiary/aromatic N) is 1. The fraction of sp³-hybridized carbons (Fsp3) is 0.400. The number of amides is 1. The predicted molar refractivity (Wildman–Crippen MR) is 111 cm³/mol. The third-order valence-electron chi connectivity index (χ3n) is 4.47. The van der Waals surface area contributed by atoms with Gasteiger partial charge in [-0.25, -0.2) is 13.2 Å². The molecule has 0 aliphatic carbocycles. The van der Waals surface area contributed by atoms with Crippen molar-refractivity contribution in [1.82, 2.24) is 9.62 Å². The smallest absolute Gasteiger partial charge is 0.332 e. The maximum atomic E-state index is 13.3. The maximum absolute atomic E-state index is 13.3. The second-order valence-electron chi connectivity index (χ2n) is 6.46. The number of aryl methyl sites for hydroxylation is 1. The Hall–Kier alpha value is -2.16. The molecule has 2 rings (SSSR count). The Balaban J connectivity index is 2.51. The van der Waals surface area contributed by atoms with Crippen LogP contribution < -0.4 is 5.32 Å². The Kier molecular flexibility index (Phi) is 8.01. The molecule has 0 bridgehead atoms. The summed E-state index contributed by atoms with van der Waals surface area (Å²) in [5.41, 5.74) is 1.83. The number of nitrogens with one attached hydrogen (secondary N) is 1. The molecule has 1 N–H and O–H groups in total. The maximum Gasteiger partial charge on any atom is 0.332 e. The van der Waals surface area contributed by atoms with Crippen LogP contribution in [0, 0.1) is 6.92 Å². The van der Waals surface area contributed by atoms with Gasteiger partial charge in [0.1, 0.15) is 5.88 Å². The molecule has 1 aliphatic heterocycles. The van der Waals surface area contributed by atoms with E-state index in [2.05, 4.69) is 5.32 Å². The van der Waals surface area contributed by atoms with Crippen LogP contribution in [0.5, 0.6) is 0 Å². The van der Waals surface area contributed by atoms with E-state index < -0.39 is 27.9 Å². The van der Waals surface area contributed by atoms with Crippen molar-refractivity contribution in [2.75, 3.05) is 19.0 Å². The van der Waals surface area contributed by atoms with E-state index >= 15 is 0 Å². The number of halogens is 1. The minimum Gasteiger partial charge on any atom is -0.463 e. The zero-order valence-electron chi connectivity index (χ0n) is 16.6. The van der Waals surface area contributed by atoms with Gasteiger partial charge < -0.3 is 10.1 Å². The fourth-order valence-electron chi connectivity index (χ4n) is 3.07. The monoisotopic (exact) mass is 440 g/mol. The van der Waals surface area contributed by atoms with Crippen LogP contribution in [0.2, 0.25) is 0 Å². The summed E-state index contributed by atoms with van der Waals surface area (Å²) in [4.78, 5) is 24.2. The van der Waals surface area contributed by atoms with E-state index in [0.717, 1.165) is 17.2 Å². The van der Waals surface area contributed by atoms with Crippen LogP contribution in [0.1, 0.15) is 25.8 Å². The van der Waals surface area contributed by atoms with Gasteiger partial charge in [-0.1, -0.05) is 30.7 Å². The number of carbonyl (C=O) groups is 2. The second-order valence-corrected chi connectivity index (χ2v) is 8.61. The first-order valence-electron chi connectivity index (χ1n) is 9.26. The van der Waals surface area contributed by atoms with Gasteiger partial charge in [-0.3, -0.25) is 4.79 Å². The zero-order valence-corrected chi connectivity index (χ0v) is 18.2. The Morgan fingerprint density at radius 2 is 1.93 bits per heavy atom. The zero-order chi connectivity index (χ0) is 21.6. The highest BCUT2D eigenvalue weighted by Gasteiger charge is 2.39. The van der Waals surface area contributed by atoms with Gasteiger partial charge in [0.05, 0.1) is 17.5 Å². The first kappa shape index (κ1) is 23.1. The Morgan fingerprint density at radius 1 is 1.28 bits per heavy atom. The molecule has 1 unspecified atom stereocenters. The highest BCUT2D eigenvalue weighted by atomic mass is 35.5. The van der Waals surface area contributed by atoms with Crippen LogP contribution in [0.15, 0.2) is 52.6 Å². The number of esters is 1. The third kappa shape index (κ3) is 5.46. The molecular formula is C20H25ClN2O5S. The lowest BCUT2D eigenvalue weighted by Gasteiger charge is -2.29. The van der Waals surface area contributed by atoms with E-state index in [0.29, 0.717) is 6.42 Å². The van der Waals surface area contributed by atoms with Crippen LogP contribution in [-0.4, -0.2) is 49.7 Å². The van der Waals surface area contributed by atoms with E-state index in [-0.39, 0.29) is 29.6 Å². The molecule has 0 fully saturated rings. The largest absolute Gasteiger partial charge is 0.463 e. The van der Waals surface area contributed by atoms with Crippen LogP contribution in [0.4, 0.5) is 0 Å². The number of rotatable bonds is 8. The van der Waals surface area contributed by atoms with Crippen LogP contribution in [-0.2, 0) is 24.3 Å². The summed E-state index contributed by atoms with van der Waals surface area (Å²) in [6.07, 6.45) is 3.45. The van der Waals surface area contributed by atoms with Crippen molar-refractivity contribution >= 4 is 33.5 Å². The van der Waals surface area contributed by atoms with Crippen molar-refractivity contribution in [3.8, 4) is 0 Å². The second kappa shape index (κ2) is 10.0. The molecule has 0 saturated heterocycles. The molecule has 158 valence electrons. The molecule has 1 amide bonds. The summed E-state index contributed by atoms with van der Waals surface area (Å²) in [7, 11) is -3.88. The first-order chi connectivity index (χ1) is 13.7. The van der Waals surface area contributed by atoms with E-state index in [1.165, 1.54) is 16.4 Å². The molecule has 0 spiro atoms. The molecule has 1 aliphatic rings. The van der Waals surface area contributed by atoms with Gasteiger partial charge in [-0.15, -0.1) is 11.6 Å². The van der Waals surface area contributed by atoms with E-state index in [1.54, 1.807) is 25.1 Å². The minimum absolute atomic E-state index is 0.121. The van der Waals surface area contributed by atoms with Gasteiger partial charge in [0.2, 0.25) is 15.9 Å². The van der Waals surface area contributed by atoms with E-state index in [4.69, 9.17) is 16.3 Å². The summed E-state index contributed by atoms with van der Waals surface area (Å²) in [6, 6.07) is 5.69. The van der Waals surface area contributed by atoms with Crippen molar-refractivity contribution in [2.24, 2.45) is 0 Å². The van der Waals surface area contributed by atoms with Gasteiger partial charge in [-0.2, -0.15) is 4.31 Å². The molecule has 0 aromatic heterocycles. The number of ether oxygens (including phenoxy) is 1. The predicted octanol–water partition coefficient (Wildman–Crippen LogP) is 2.51. The normalized spacial score (nSPS) is 17.7. The van der Waals surface area contributed by atoms with Crippen molar-refractivity contribution < 1.29 is 22.7 Å². The Morgan fingerprint density at radius 3 is 2.48 bits per heavy atom. The highest BCUT2D eigenvalue weighted by Crippen LogP contribution is 2.31. The topological polar surface area (TPSA) is 92.8 Å². The molecule has 1 aromatic carbocycles. The van der Waals surface area contributed by atoms with Crippen molar-refractivity contribution in [1.29, 1.82) is 0 Å². The molecule has 9 heteroatoms. The van der Waals surface area contributed by atoms with E-state index in [1.807, 2.05) is 13.8 Å². The standard InChI is InChI=1S/C20H25ClN2O5S/c1-4-15-10-11-23(29(26,27)16-8-6-14(3)7-9-16)20(15)17(22-18(24)13-21)12-19(25)28-5-2/h6-10,12,20H,4-5,11,13H2,1-3H3,(H,22,24)/b17-12-. The first-order valence-corrected chi connectivity index (χ1v) is 11.2. The van der Waals surface area contributed by atoms with Crippen molar-refractivity contribution in [2.45, 2.75) is 38.1 Å². The Labute approximate surface area is 176 Å². The average molecular weight is 441 g/mol. The van der Waals surface area contributed by atoms with Gasteiger partial charge in [0, 0.05) is 18.3 Å². The molecule has 0 radical (unpaired) electrons. The lowest BCUT2D eigenvalue weighted by molar-refractivity contribution is -0.137. The minimum atomic E-state index is -3.88. The SMILES string of the molecule is CCOC(=O)/C=C(\NC(=O)CCl)C1C(CC)=CCN1S(=O)(=O)c1ccc(C)cc1. The number of alkyl halides is 1. The Bertz CT molecular complexity index is 923. The fourth-order valence-corrected chi connectivity index (χ4v) is 4.69. The molecule has 1 aromatic rings. The van der Waals surface area contributed by atoms with E-state index in [9.17, 15) is 18.0 Å².